The summed E-state index contributed by atoms with van der Waals surface area (Å²) in [6, 6.07) is 1.49. The molecule has 0 bridgehead atoms. The zero-order valence-electron chi connectivity index (χ0n) is 8.47. The van der Waals surface area contributed by atoms with E-state index in [2.05, 4.69) is 22.1 Å². The minimum atomic E-state index is -0.0425. The quantitative estimate of drug-likeness (QED) is 0.812. The van der Waals surface area contributed by atoms with Crippen molar-refractivity contribution in [1.82, 2.24) is 19.7 Å². The highest BCUT2D eigenvalue weighted by Crippen LogP contribution is 2.10. The third-order valence-corrected chi connectivity index (χ3v) is 2.15. The van der Waals surface area contributed by atoms with E-state index in [0.29, 0.717) is 11.4 Å². The van der Waals surface area contributed by atoms with Crippen LogP contribution in [-0.2, 0) is 6.54 Å². The van der Waals surface area contributed by atoms with E-state index >= 15 is 0 Å². The molecular weight excluding hydrogens is 192 g/mol. The summed E-state index contributed by atoms with van der Waals surface area (Å²) in [5.41, 5.74) is 0.516. The van der Waals surface area contributed by atoms with Gasteiger partial charge in [0.15, 0.2) is 11.3 Å². The summed E-state index contributed by atoms with van der Waals surface area (Å²) in [5, 5.41) is 7.78. The van der Waals surface area contributed by atoms with Crippen LogP contribution >= 0.6 is 0 Å². The molecule has 0 spiro atoms. The van der Waals surface area contributed by atoms with Crippen molar-refractivity contribution >= 4 is 0 Å². The molecule has 15 heavy (non-hydrogen) atoms. The minimum absolute atomic E-state index is 0.0425. The van der Waals surface area contributed by atoms with Gasteiger partial charge in [-0.1, -0.05) is 6.92 Å². The number of nitrogens with zero attached hydrogens (tertiary/aromatic N) is 3. The molecule has 0 unspecified atom stereocenters. The molecule has 2 rings (SSSR count). The van der Waals surface area contributed by atoms with Crippen LogP contribution in [-0.4, -0.2) is 19.7 Å². The summed E-state index contributed by atoms with van der Waals surface area (Å²) >= 11 is 0. The molecule has 0 radical (unpaired) electrons. The average Bonchev–Trinajstić information content (AvgIpc) is 2.67. The highest BCUT2D eigenvalue weighted by molar-refractivity contribution is 5.52. The second-order valence-corrected chi connectivity index (χ2v) is 3.27. The molecule has 0 atom stereocenters. The number of hydrogen-bond acceptors (Lipinski definition) is 3. The lowest BCUT2D eigenvalue weighted by Gasteiger charge is -2.03. The van der Waals surface area contributed by atoms with Crippen molar-refractivity contribution in [3.8, 4) is 11.4 Å². The van der Waals surface area contributed by atoms with Crippen LogP contribution in [0.5, 0.6) is 0 Å². The van der Waals surface area contributed by atoms with Gasteiger partial charge in [-0.05, 0) is 6.42 Å². The molecule has 2 aromatic rings. The van der Waals surface area contributed by atoms with Crippen molar-refractivity contribution in [3.05, 3.63) is 35.0 Å². The zero-order chi connectivity index (χ0) is 10.7. The van der Waals surface area contributed by atoms with Gasteiger partial charge in [0, 0.05) is 25.0 Å². The van der Waals surface area contributed by atoms with E-state index in [4.69, 9.17) is 0 Å². The number of hydrogen-bond donors (Lipinski definition) is 1. The number of pyridine rings is 1. The van der Waals surface area contributed by atoms with Crippen LogP contribution in [0.15, 0.2) is 29.6 Å². The number of H-pyrrole nitrogens is 1. The highest BCUT2D eigenvalue weighted by atomic mass is 16.1. The maximum absolute atomic E-state index is 11.6. The number of rotatable bonds is 3. The van der Waals surface area contributed by atoms with Gasteiger partial charge in [-0.2, -0.15) is 0 Å². The van der Waals surface area contributed by atoms with Gasteiger partial charge in [0.05, 0.1) is 5.56 Å². The van der Waals surface area contributed by atoms with E-state index in [1.807, 2.05) is 4.57 Å². The first kappa shape index (κ1) is 9.64. The van der Waals surface area contributed by atoms with Crippen LogP contribution in [0.3, 0.4) is 0 Å². The van der Waals surface area contributed by atoms with Gasteiger partial charge in [0.25, 0.3) is 0 Å². The molecule has 0 aliphatic carbocycles. The molecular formula is C10H12N4O. The zero-order valence-corrected chi connectivity index (χ0v) is 8.47. The lowest BCUT2D eigenvalue weighted by atomic mass is 10.2. The van der Waals surface area contributed by atoms with Gasteiger partial charge in [0.2, 0.25) is 0 Å². The Morgan fingerprint density at radius 1 is 1.53 bits per heavy atom. The Balaban J connectivity index is 2.50. The third-order valence-electron chi connectivity index (χ3n) is 2.15. The highest BCUT2D eigenvalue weighted by Gasteiger charge is 2.09. The number of aromatic nitrogens is 4. The van der Waals surface area contributed by atoms with Crippen molar-refractivity contribution < 1.29 is 0 Å². The van der Waals surface area contributed by atoms with Gasteiger partial charge >= 0.3 is 0 Å². The molecule has 2 aromatic heterocycles. The van der Waals surface area contributed by atoms with Crippen molar-refractivity contribution in [2.75, 3.05) is 0 Å². The SMILES string of the molecule is CCCn1cnnc1-c1c[nH]ccc1=O. The Kier molecular flexibility index (Phi) is 2.62. The summed E-state index contributed by atoms with van der Waals surface area (Å²) in [7, 11) is 0. The Labute approximate surface area is 86.8 Å². The molecule has 0 saturated carbocycles. The number of nitrogens with one attached hydrogen (secondary N) is 1. The fraction of sp³-hybridized carbons (Fsp3) is 0.300. The second kappa shape index (κ2) is 4.08. The van der Waals surface area contributed by atoms with Crippen LogP contribution in [0.1, 0.15) is 13.3 Å². The Bertz CT molecular complexity index is 500. The third kappa shape index (κ3) is 1.81. The topological polar surface area (TPSA) is 63.6 Å². The van der Waals surface area contributed by atoms with Crippen LogP contribution in [0.4, 0.5) is 0 Å². The van der Waals surface area contributed by atoms with Crippen LogP contribution in [0.25, 0.3) is 11.4 Å². The van der Waals surface area contributed by atoms with E-state index < -0.39 is 0 Å². The van der Waals surface area contributed by atoms with E-state index in [9.17, 15) is 4.79 Å². The summed E-state index contributed by atoms with van der Waals surface area (Å²) in [5.74, 6) is 0.624. The summed E-state index contributed by atoms with van der Waals surface area (Å²) < 4.78 is 1.88. The van der Waals surface area contributed by atoms with E-state index in [-0.39, 0.29) is 5.43 Å². The Hall–Kier alpha value is -1.91. The lowest BCUT2D eigenvalue weighted by molar-refractivity contribution is 0.682. The smallest absolute Gasteiger partial charge is 0.192 e. The second-order valence-electron chi connectivity index (χ2n) is 3.27. The predicted molar refractivity (Wildman–Crippen MR) is 56.4 cm³/mol. The monoisotopic (exact) mass is 204 g/mol. The van der Waals surface area contributed by atoms with Crippen molar-refractivity contribution in [3.63, 3.8) is 0 Å². The Morgan fingerprint density at radius 2 is 2.40 bits per heavy atom. The van der Waals surface area contributed by atoms with Gasteiger partial charge in [-0.15, -0.1) is 10.2 Å². The molecule has 0 aliphatic heterocycles. The largest absolute Gasteiger partial charge is 0.367 e. The van der Waals surface area contributed by atoms with Gasteiger partial charge < -0.3 is 9.55 Å². The number of aromatic amines is 1. The van der Waals surface area contributed by atoms with Crippen LogP contribution in [0.2, 0.25) is 0 Å². The normalized spacial score (nSPS) is 10.5. The molecule has 0 aliphatic rings. The molecule has 0 amide bonds. The first-order valence-electron chi connectivity index (χ1n) is 4.88. The van der Waals surface area contributed by atoms with E-state index in [1.165, 1.54) is 6.07 Å². The predicted octanol–water partition coefficient (Wildman–Crippen LogP) is 1.04. The van der Waals surface area contributed by atoms with Crippen molar-refractivity contribution in [2.24, 2.45) is 0 Å². The molecule has 0 saturated heterocycles. The molecule has 2 heterocycles. The van der Waals surface area contributed by atoms with E-state index in [1.54, 1.807) is 18.7 Å². The van der Waals surface area contributed by atoms with Gasteiger partial charge in [-0.25, -0.2) is 0 Å². The van der Waals surface area contributed by atoms with Crippen LogP contribution in [0, 0.1) is 0 Å². The molecule has 0 aromatic carbocycles. The summed E-state index contributed by atoms with van der Waals surface area (Å²) in [6.45, 7) is 2.88. The molecule has 0 fully saturated rings. The summed E-state index contributed by atoms with van der Waals surface area (Å²) in [4.78, 5) is 14.5. The minimum Gasteiger partial charge on any atom is -0.367 e. The molecule has 5 nitrogen and oxygen atoms in total. The van der Waals surface area contributed by atoms with Crippen LogP contribution < -0.4 is 5.43 Å². The maximum atomic E-state index is 11.6. The average molecular weight is 204 g/mol. The van der Waals surface area contributed by atoms with Crippen molar-refractivity contribution in [2.45, 2.75) is 19.9 Å². The molecule has 78 valence electrons. The van der Waals surface area contributed by atoms with E-state index in [0.717, 1.165) is 13.0 Å². The standard InChI is InChI=1S/C10H12N4O/c1-2-5-14-7-12-13-10(14)8-6-11-4-3-9(8)15/h3-4,6-7H,2,5H2,1H3,(H,11,15). The molecule has 1 N–H and O–H groups in total. The summed E-state index contributed by atoms with van der Waals surface area (Å²) in [6.07, 6.45) is 5.88. The first-order valence-corrected chi connectivity index (χ1v) is 4.88. The first-order chi connectivity index (χ1) is 7.33. The fourth-order valence-corrected chi connectivity index (χ4v) is 1.46. The van der Waals surface area contributed by atoms with Crippen molar-refractivity contribution in [1.29, 1.82) is 0 Å². The van der Waals surface area contributed by atoms with Gasteiger partial charge in [0.1, 0.15) is 6.33 Å². The molecule has 5 heteroatoms. The fourth-order valence-electron chi connectivity index (χ4n) is 1.46. The maximum Gasteiger partial charge on any atom is 0.192 e. The van der Waals surface area contributed by atoms with Gasteiger partial charge in [-0.3, -0.25) is 4.79 Å². The number of aryl methyl sites for hydroxylation is 1. The lowest BCUT2D eigenvalue weighted by Crippen LogP contribution is -2.08. The Morgan fingerprint density at radius 3 is 3.13 bits per heavy atom.